The maximum absolute atomic E-state index is 12.8. The largest absolute Gasteiger partial charge is 0.382 e. The number of amides is 2. The number of rotatable bonds is 1. The van der Waals surface area contributed by atoms with Crippen LogP contribution in [0.2, 0.25) is 0 Å². The molecule has 112 valence electrons. The summed E-state index contributed by atoms with van der Waals surface area (Å²) in [6.07, 6.45) is 1.16. The number of hydrogen-bond donors (Lipinski definition) is 2. The van der Waals surface area contributed by atoms with E-state index in [1.165, 1.54) is 5.56 Å². The van der Waals surface area contributed by atoms with E-state index in [0.717, 1.165) is 12.1 Å². The molecule has 5 heteroatoms. The molecule has 1 aromatic rings. The van der Waals surface area contributed by atoms with E-state index in [0.29, 0.717) is 26.1 Å². The minimum atomic E-state index is -0.0619. The van der Waals surface area contributed by atoms with Gasteiger partial charge in [-0.3, -0.25) is 9.59 Å². The fourth-order valence-electron chi connectivity index (χ4n) is 3.12. The molecule has 1 saturated heterocycles. The number of nitrogens with zero attached hydrogens (tertiary/aromatic N) is 1. The maximum Gasteiger partial charge on any atom is 0.228 e. The Labute approximate surface area is 124 Å². The quantitative estimate of drug-likeness (QED) is 0.810. The smallest absolute Gasteiger partial charge is 0.228 e. The average molecular weight is 287 g/mol. The number of para-hydroxylation sites is 1. The van der Waals surface area contributed by atoms with Crippen LogP contribution in [0.15, 0.2) is 24.3 Å². The number of carbonyl (C=O) groups excluding carboxylic acids is 2. The van der Waals surface area contributed by atoms with E-state index in [9.17, 15) is 9.59 Å². The minimum absolute atomic E-state index is 0.0328. The van der Waals surface area contributed by atoms with Crippen molar-refractivity contribution >= 4 is 17.5 Å². The molecule has 2 amide bonds. The summed E-state index contributed by atoms with van der Waals surface area (Å²) in [7, 11) is 0. The van der Waals surface area contributed by atoms with Crippen molar-refractivity contribution in [1.82, 2.24) is 10.2 Å². The highest BCUT2D eigenvalue weighted by atomic mass is 16.2. The normalized spacial score (nSPS) is 25.4. The third-order valence-corrected chi connectivity index (χ3v) is 4.39. The van der Waals surface area contributed by atoms with Crippen LogP contribution in [0.25, 0.3) is 0 Å². The maximum atomic E-state index is 12.8. The molecule has 0 saturated carbocycles. The Kier molecular flexibility index (Phi) is 3.82. The summed E-state index contributed by atoms with van der Waals surface area (Å²) in [6.45, 7) is 3.74. The van der Waals surface area contributed by atoms with Crippen LogP contribution in [0.5, 0.6) is 0 Å². The molecule has 2 atom stereocenters. The zero-order valence-electron chi connectivity index (χ0n) is 12.3. The van der Waals surface area contributed by atoms with Crippen LogP contribution < -0.4 is 10.6 Å². The average Bonchev–Trinajstić information content (AvgIpc) is 2.70. The van der Waals surface area contributed by atoms with E-state index in [1.807, 2.05) is 17.0 Å². The Morgan fingerprint density at radius 1 is 1.29 bits per heavy atom. The summed E-state index contributed by atoms with van der Waals surface area (Å²) in [5, 5.41) is 6.23. The highest BCUT2D eigenvalue weighted by molar-refractivity contribution is 5.83. The van der Waals surface area contributed by atoms with Gasteiger partial charge in [-0.2, -0.15) is 0 Å². The molecule has 1 fully saturated rings. The van der Waals surface area contributed by atoms with Crippen molar-refractivity contribution in [3.8, 4) is 0 Å². The zero-order chi connectivity index (χ0) is 14.8. The van der Waals surface area contributed by atoms with Gasteiger partial charge >= 0.3 is 0 Å². The van der Waals surface area contributed by atoms with Gasteiger partial charge in [0.1, 0.15) is 0 Å². The Hall–Kier alpha value is -2.04. The summed E-state index contributed by atoms with van der Waals surface area (Å²) < 4.78 is 0. The molecule has 2 N–H and O–H groups in total. The van der Waals surface area contributed by atoms with Gasteiger partial charge in [0, 0.05) is 37.8 Å². The Morgan fingerprint density at radius 3 is 2.95 bits per heavy atom. The first-order valence-corrected chi connectivity index (χ1v) is 7.55. The molecule has 2 aliphatic rings. The minimum Gasteiger partial charge on any atom is -0.382 e. The lowest BCUT2D eigenvalue weighted by molar-refractivity contribution is -0.135. The molecule has 0 aliphatic carbocycles. The van der Waals surface area contributed by atoms with Crippen molar-refractivity contribution in [2.45, 2.75) is 25.8 Å². The molecular formula is C16H21N3O2. The van der Waals surface area contributed by atoms with Gasteiger partial charge < -0.3 is 15.5 Å². The van der Waals surface area contributed by atoms with E-state index >= 15 is 0 Å². The van der Waals surface area contributed by atoms with Crippen LogP contribution in [0.3, 0.4) is 0 Å². The van der Waals surface area contributed by atoms with Crippen LogP contribution in [-0.2, 0) is 16.0 Å². The van der Waals surface area contributed by atoms with E-state index < -0.39 is 0 Å². The SMILES string of the molecule is CC1Nc2ccccc2CC1C(=O)N1CCNC(=O)CC1. The van der Waals surface area contributed by atoms with Crippen molar-refractivity contribution < 1.29 is 9.59 Å². The molecular weight excluding hydrogens is 266 g/mol. The Bertz CT molecular complexity index is 558. The molecule has 2 unspecified atom stereocenters. The van der Waals surface area contributed by atoms with Gasteiger partial charge in [0.25, 0.3) is 0 Å². The Balaban J connectivity index is 1.74. The molecule has 3 rings (SSSR count). The van der Waals surface area contributed by atoms with Gasteiger partial charge in [-0.25, -0.2) is 0 Å². The summed E-state index contributed by atoms with van der Waals surface area (Å²) in [5.74, 6) is 0.125. The summed E-state index contributed by atoms with van der Waals surface area (Å²) in [4.78, 5) is 26.0. The van der Waals surface area contributed by atoms with Gasteiger partial charge in [0.15, 0.2) is 0 Å². The van der Waals surface area contributed by atoms with Crippen LogP contribution in [-0.4, -0.2) is 42.4 Å². The topological polar surface area (TPSA) is 61.4 Å². The number of fused-ring (bicyclic) bond motifs is 1. The molecule has 0 bridgehead atoms. The molecule has 2 aliphatic heterocycles. The van der Waals surface area contributed by atoms with Crippen LogP contribution in [0, 0.1) is 5.92 Å². The highest BCUT2D eigenvalue weighted by Crippen LogP contribution is 2.29. The van der Waals surface area contributed by atoms with Crippen LogP contribution in [0.4, 0.5) is 5.69 Å². The molecule has 2 heterocycles. The molecule has 0 spiro atoms. The molecule has 1 aromatic carbocycles. The summed E-state index contributed by atoms with van der Waals surface area (Å²) >= 11 is 0. The number of carbonyl (C=O) groups is 2. The molecule has 0 aromatic heterocycles. The van der Waals surface area contributed by atoms with Crippen molar-refractivity contribution in [2.24, 2.45) is 5.92 Å². The second-order valence-electron chi connectivity index (χ2n) is 5.83. The third-order valence-electron chi connectivity index (χ3n) is 4.39. The summed E-state index contributed by atoms with van der Waals surface area (Å²) in [5.41, 5.74) is 2.32. The lowest BCUT2D eigenvalue weighted by Crippen LogP contribution is -2.46. The number of benzene rings is 1. The van der Waals surface area contributed by atoms with Gasteiger partial charge in [-0.05, 0) is 25.0 Å². The highest BCUT2D eigenvalue weighted by Gasteiger charge is 2.33. The lowest BCUT2D eigenvalue weighted by Gasteiger charge is -2.34. The van der Waals surface area contributed by atoms with E-state index in [2.05, 4.69) is 29.7 Å². The molecule has 5 nitrogen and oxygen atoms in total. The fourth-order valence-corrected chi connectivity index (χ4v) is 3.12. The predicted octanol–water partition coefficient (Wildman–Crippen LogP) is 1.01. The number of hydrogen-bond acceptors (Lipinski definition) is 3. The van der Waals surface area contributed by atoms with Gasteiger partial charge in [-0.15, -0.1) is 0 Å². The van der Waals surface area contributed by atoms with Crippen LogP contribution in [0.1, 0.15) is 18.9 Å². The zero-order valence-corrected chi connectivity index (χ0v) is 12.3. The first-order valence-electron chi connectivity index (χ1n) is 7.55. The van der Waals surface area contributed by atoms with E-state index in [4.69, 9.17) is 0 Å². The number of anilines is 1. The van der Waals surface area contributed by atoms with E-state index in [1.54, 1.807) is 0 Å². The Morgan fingerprint density at radius 2 is 2.10 bits per heavy atom. The monoisotopic (exact) mass is 287 g/mol. The van der Waals surface area contributed by atoms with Gasteiger partial charge in [-0.1, -0.05) is 18.2 Å². The van der Waals surface area contributed by atoms with Crippen molar-refractivity contribution in [3.05, 3.63) is 29.8 Å². The molecule has 0 radical (unpaired) electrons. The fraction of sp³-hybridized carbons (Fsp3) is 0.500. The second-order valence-corrected chi connectivity index (χ2v) is 5.83. The first-order chi connectivity index (χ1) is 10.1. The standard InChI is InChI=1S/C16H21N3O2/c1-11-13(10-12-4-2-3-5-14(12)18-11)16(21)19-8-6-15(20)17-7-9-19/h2-5,11,13,18H,6-10H2,1H3,(H,17,20). The second kappa shape index (κ2) is 5.76. The van der Waals surface area contributed by atoms with Crippen molar-refractivity contribution in [2.75, 3.05) is 25.0 Å². The van der Waals surface area contributed by atoms with Crippen molar-refractivity contribution in [3.63, 3.8) is 0 Å². The molecule has 21 heavy (non-hydrogen) atoms. The third kappa shape index (κ3) is 2.86. The van der Waals surface area contributed by atoms with E-state index in [-0.39, 0.29) is 23.8 Å². The lowest BCUT2D eigenvalue weighted by atomic mass is 9.87. The van der Waals surface area contributed by atoms with Gasteiger partial charge in [0.05, 0.1) is 5.92 Å². The van der Waals surface area contributed by atoms with Crippen molar-refractivity contribution in [1.29, 1.82) is 0 Å². The number of nitrogens with one attached hydrogen (secondary N) is 2. The van der Waals surface area contributed by atoms with Crippen LogP contribution >= 0.6 is 0 Å². The van der Waals surface area contributed by atoms with Gasteiger partial charge in [0.2, 0.25) is 11.8 Å². The summed E-state index contributed by atoms with van der Waals surface area (Å²) in [6, 6.07) is 8.25. The predicted molar refractivity (Wildman–Crippen MR) is 80.9 cm³/mol. The first kappa shape index (κ1) is 13.9.